The van der Waals surface area contributed by atoms with Crippen LogP contribution in [0.1, 0.15) is 37.6 Å². The summed E-state index contributed by atoms with van der Waals surface area (Å²) in [5.41, 5.74) is 7.51. The van der Waals surface area contributed by atoms with Crippen molar-refractivity contribution in [2.24, 2.45) is 5.73 Å². The lowest BCUT2D eigenvalue weighted by atomic mass is 10.0. The van der Waals surface area contributed by atoms with Crippen LogP contribution in [-0.2, 0) is 6.54 Å². The Balaban J connectivity index is 2.21. The van der Waals surface area contributed by atoms with E-state index < -0.39 is 0 Å². The topological polar surface area (TPSA) is 42.4 Å². The van der Waals surface area contributed by atoms with Gasteiger partial charge in [0, 0.05) is 12.6 Å². The van der Waals surface area contributed by atoms with Crippen LogP contribution in [0.3, 0.4) is 0 Å². The van der Waals surface area contributed by atoms with Crippen molar-refractivity contribution in [3.05, 3.63) is 60.1 Å². The molecule has 108 valence electrons. The highest BCUT2D eigenvalue weighted by molar-refractivity contribution is 5.16. The third-order valence-electron chi connectivity index (χ3n) is 3.47. The zero-order chi connectivity index (χ0) is 14.4. The first kappa shape index (κ1) is 14.8. The maximum absolute atomic E-state index is 6.21. The molecule has 2 N–H and O–H groups in total. The van der Waals surface area contributed by atoms with Gasteiger partial charge in [0.15, 0.2) is 0 Å². The van der Waals surface area contributed by atoms with E-state index in [1.807, 2.05) is 25.1 Å². The predicted octanol–water partition coefficient (Wildman–Crippen LogP) is 3.58. The first-order valence-corrected chi connectivity index (χ1v) is 7.29. The fraction of sp³-hybridized carbons (Fsp3) is 0.412. The predicted molar refractivity (Wildman–Crippen MR) is 82.2 cm³/mol. The lowest BCUT2D eigenvalue weighted by Gasteiger charge is -2.32. The molecular formula is C17H24N2O. The van der Waals surface area contributed by atoms with Crippen LogP contribution in [0.25, 0.3) is 0 Å². The summed E-state index contributed by atoms with van der Waals surface area (Å²) in [5.74, 6) is 0.949. The molecule has 3 heteroatoms. The van der Waals surface area contributed by atoms with Crippen LogP contribution in [0.4, 0.5) is 0 Å². The van der Waals surface area contributed by atoms with Crippen LogP contribution in [0.5, 0.6) is 0 Å². The van der Waals surface area contributed by atoms with E-state index in [0.717, 1.165) is 25.3 Å². The second-order valence-electron chi connectivity index (χ2n) is 5.28. The second-order valence-corrected chi connectivity index (χ2v) is 5.28. The van der Waals surface area contributed by atoms with Crippen LogP contribution in [0, 0.1) is 0 Å². The fourth-order valence-corrected chi connectivity index (χ4v) is 2.65. The van der Waals surface area contributed by atoms with Crippen LogP contribution in [0.15, 0.2) is 53.1 Å². The minimum atomic E-state index is 0.0245. The van der Waals surface area contributed by atoms with Gasteiger partial charge in [0.25, 0.3) is 0 Å². The molecule has 1 aromatic carbocycles. The van der Waals surface area contributed by atoms with Gasteiger partial charge in [-0.05, 0) is 37.6 Å². The van der Waals surface area contributed by atoms with Gasteiger partial charge >= 0.3 is 0 Å². The van der Waals surface area contributed by atoms with Gasteiger partial charge < -0.3 is 10.2 Å². The highest BCUT2D eigenvalue weighted by atomic mass is 16.3. The normalized spacial score (nSPS) is 14.4. The smallest absolute Gasteiger partial charge is 0.122 e. The molecule has 0 saturated carbocycles. The van der Waals surface area contributed by atoms with Crippen molar-refractivity contribution in [2.45, 2.75) is 38.9 Å². The zero-order valence-corrected chi connectivity index (χ0v) is 12.3. The van der Waals surface area contributed by atoms with Gasteiger partial charge in [-0.1, -0.05) is 37.3 Å². The van der Waals surface area contributed by atoms with Gasteiger partial charge in [0.2, 0.25) is 0 Å². The summed E-state index contributed by atoms with van der Waals surface area (Å²) in [7, 11) is 0. The Bertz CT molecular complexity index is 479. The standard InChI is InChI=1S/C17H24N2O/c1-3-11-19(13-15-8-5-4-6-9-15)17(14(2)18)16-10-7-12-20-16/h4-10,12,14,17H,3,11,13,18H2,1-2H3. The van der Waals surface area contributed by atoms with E-state index in [9.17, 15) is 0 Å². The quantitative estimate of drug-likeness (QED) is 0.837. The van der Waals surface area contributed by atoms with Crippen molar-refractivity contribution < 1.29 is 4.42 Å². The molecule has 2 rings (SSSR count). The molecule has 0 fully saturated rings. The maximum Gasteiger partial charge on any atom is 0.122 e. The van der Waals surface area contributed by atoms with E-state index in [2.05, 4.69) is 36.1 Å². The molecule has 0 spiro atoms. The minimum absolute atomic E-state index is 0.0245. The molecule has 1 heterocycles. The number of hydrogen-bond donors (Lipinski definition) is 1. The molecule has 20 heavy (non-hydrogen) atoms. The molecule has 0 bridgehead atoms. The van der Waals surface area contributed by atoms with E-state index in [4.69, 9.17) is 10.2 Å². The summed E-state index contributed by atoms with van der Waals surface area (Å²) in [4.78, 5) is 2.40. The molecule has 2 atom stereocenters. The van der Waals surface area contributed by atoms with E-state index in [-0.39, 0.29) is 12.1 Å². The van der Waals surface area contributed by atoms with Crippen molar-refractivity contribution in [3.63, 3.8) is 0 Å². The van der Waals surface area contributed by atoms with Crippen molar-refractivity contribution in [1.29, 1.82) is 0 Å². The van der Waals surface area contributed by atoms with Gasteiger partial charge in [-0.2, -0.15) is 0 Å². The van der Waals surface area contributed by atoms with E-state index in [0.29, 0.717) is 0 Å². The van der Waals surface area contributed by atoms with Gasteiger partial charge in [-0.15, -0.1) is 0 Å². The van der Waals surface area contributed by atoms with Crippen LogP contribution in [0.2, 0.25) is 0 Å². The Labute approximate surface area is 121 Å². The number of rotatable bonds is 7. The molecule has 1 aromatic heterocycles. The Morgan fingerprint density at radius 3 is 2.45 bits per heavy atom. The molecule has 0 amide bonds. The summed E-state index contributed by atoms with van der Waals surface area (Å²) < 4.78 is 5.60. The van der Waals surface area contributed by atoms with E-state index >= 15 is 0 Å². The van der Waals surface area contributed by atoms with Crippen LogP contribution < -0.4 is 5.73 Å². The monoisotopic (exact) mass is 272 g/mol. The summed E-state index contributed by atoms with van der Waals surface area (Å²) in [5, 5.41) is 0. The largest absolute Gasteiger partial charge is 0.468 e. The third-order valence-corrected chi connectivity index (χ3v) is 3.47. The van der Waals surface area contributed by atoms with Crippen molar-refractivity contribution >= 4 is 0 Å². The number of furan rings is 1. The first-order valence-electron chi connectivity index (χ1n) is 7.29. The van der Waals surface area contributed by atoms with Crippen LogP contribution >= 0.6 is 0 Å². The highest BCUT2D eigenvalue weighted by Crippen LogP contribution is 2.26. The number of hydrogen-bond acceptors (Lipinski definition) is 3. The molecule has 2 unspecified atom stereocenters. The number of benzene rings is 1. The lowest BCUT2D eigenvalue weighted by molar-refractivity contribution is 0.146. The number of nitrogens with two attached hydrogens (primary N) is 1. The SMILES string of the molecule is CCCN(Cc1ccccc1)C(c1ccco1)C(C)N. The zero-order valence-electron chi connectivity index (χ0n) is 12.3. The molecule has 0 aliphatic carbocycles. The fourth-order valence-electron chi connectivity index (χ4n) is 2.65. The van der Waals surface area contributed by atoms with Gasteiger partial charge in [-0.3, -0.25) is 4.90 Å². The van der Waals surface area contributed by atoms with Crippen LogP contribution in [-0.4, -0.2) is 17.5 Å². The van der Waals surface area contributed by atoms with Gasteiger partial charge in [0.1, 0.15) is 5.76 Å². The summed E-state index contributed by atoms with van der Waals surface area (Å²) >= 11 is 0. The van der Waals surface area contributed by atoms with E-state index in [1.165, 1.54) is 5.56 Å². The molecule has 0 saturated heterocycles. The summed E-state index contributed by atoms with van der Waals surface area (Å²) in [6, 6.07) is 14.6. The molecular weight excluding hydrogens is 248 g/mol. The van der Waals surface area contributed by atoms with Gasteiger partial charge in [-0.25, -0.2) is 0 Å². The Kier molecular flexibility index (Phi) is 5.39. The average molecular weight is 272 g/mol. The van der Waals surface area contributed by atoms with Crippen molar-refractivity contribution in [1.82, 2.24) is 4.90 Å². The second kappa shape index (κ2) is 7.27. The average Bonchev–Trinajstić information content (AvgIpc) is 2.93. The Morgan fingerprint density at radius 2 is 1.90 bits per heavy atom. The third kappa shape index (κ3) is 3.71. The van der Waals surface area contributed by atoms with E-state index in [1.54, 1.807) is 6.26 Å². The Morgan fingerprint density at radius 1 is 1.15 bits per heavy atom. The highest BCUT2D eigenvalue weighted by Gasteiger charge is 2.25. The molecule has 2 aromatic rings. The molecule has 0 aliphatic heterocycles. The minimum Gasteiger partial charge on any atom is -0.468 e. The van der Waals surface area contributed by atoms with Crippen molar-refractivity contribution in [3.8, 4) is 0 Å². The summed E-state index contributed by atoms with van der Waals surface area (Å²) in [6.45, 7) is 6.13. The first-order chi connectivity index (χ1) is 9.72. The van der Waals surface area contributed by atoms with Crippen molar-refractivity contribution in [2.75, 3.05) is 6.54 Å². The lowest BCUT2D eigenvalue weighted by Crippen LogP contribution is -2.39. The Hall–Kier alpha value is -1.58. The molecule has 3 nitrogen and oxygen atoms in total. The molecule has 0 radical (unpaired) electrons. The maximum atomic E-state index is 6.21. The summed E-state index contributed by atoms with van der Waals surface area (Å²) in [6.07, 6.45) is 2.81. The number of nitrogens with zero attached hydrogens (tertiary/aromatic N) is 1. The van der Waals surface area contributed by atoms with Gasteiger partial charge in [0.05, 0.1) is 12.3 Å². The molecule has 0 aliphatic rings.